The first kappa shape index (κ1) is 15.9. The number of hydrogen-bond acceptors (Lipinski definition) is 5. The predicted octanol–water partition coefficient (Wildman–Crippen LogP) is -0.000120. The van der Waals surface area contributed by atoms with Crippen molar-refractivity contribution in [2.75, 3.05) is 13.1 Å². The van der Waals surface area contributed by atoms with Crippen molar-refractivity contribution in [2.24, 2.45) is 5.14 Å². The molecule has 0 bridgehead atoms. The van der Waals surface area contributed by atoms with Crippen LogP contribution in [0.2, 0.25) is 0 Å². The Morgan fingerprint density at radius 1 is 1.29 bits per heavy atom. The highest BCUT2D eigenvalue weighted by Crippen LogP contribution is 2.23. The van der Waals surface area contributed by atoms with Gasteiger partial charge in [0.1, 0.15) is 0 Å². The van der Waals surface area contributed by atoms with E-state index in [0.29, 0.717) is 12.8 Å². The summed E-state index contributed by atoms with van der Waals surface area (Å²) in [5, 5.41) is 13.1. The predicted molar refractivity (Wildman–Crippen MR) is 76.0 cm³/mol. The molecule has 21 heavy (non-hydrogen) atoms. The molecule has 1 saturated heterocycles. The van der Waals surface area contributed by atoms with Crippen molar-refractivity contribution in [1.29, 1.82) is 5.26 Å². The van der Waals surface area contributed by atoms with Crippen molar-refractivity contribution in [2.45, 2.75) is 23.0 Å². The summed E-state index contributed by atoms with van der Waals surface area (Å²) >= 11 is 0. The summed E-state index contributed by atoms with van der Waals surface area (Å²) in [4.78, 5) is -0.0170. The third kappa shape index (κ3) is 3.41. The highest BCUT2D eigenvalue weighted by molar-refractivity contribution is 7.90. The standard InChI is InChI=1S/C12H15N3O4S2/c13-8-10-3-1-4-11(7-10)21(18,19)15-6-2-5-12(9-15)20(14,16)17/h1,3-4,7,12H,2,5-6,9H2,(H2,14,16,17). The van der Waals surface area contributed by atoms with Crippen molar-refractivity contribution in [3.8, 4) is 6.07 Å². The fourth-order valence-electron chi connectivity index (χ4n) is 2.27. The molecular formula is C12H15N3O4S2. The second-order valence-electron chi connectivity index (χ2n) is 4.86. The van der Waals surface area contributed by atoms with E-state index in [4.69, 9.17) is 10.4 Å². The Kier molecular flexibility index (Phi) is 4.34. The minimum atomic E-state index is -3.83. The fourth-order valence-corrected chi connectivity index (χ4v) is 4.81. The van der Waals surface area contributed by atoms with Gasteiger partial charge in [-0.2, -0.15) is 9.57 Å². The van der Waals surface area contributed by atoms with Crippen molar-refractivity contribution in [1.82, 2.24) is 4.31 Å². The summed E-state index contributed by atoms with van der Waals surface area (Å²) in [6.07, 6.45) is 0.779. The van der Waals surface area contributed by atoms with Gasteiger partial charge in [0.05, 0.1) is 21.8 Å². The molecule has 2 N–H and O–H groups in total. The average molecular weight is 329 g/mol. The van der Waals surface area contributed by atoms with Gasteiger partial charge in [0.15, 0.2) is 0 Å². The number of rotatable bonds is 3. The van der Waals surface area contributed by atoms with Crippen LogP contribution in [0.5, 0.6) is 0 Å². The molecule has 1 aromatic carbocycles. The minimum absolute atomic E-state index is 0.0170. The highest BCUT2D eigenvalue weighted by atomic mass is 32.2. The molecule has 0 radical (unpaired) electrons. The maximum Gasteiger partial charge on any atom is 0.243 e. The van der Waals surface area contributed by atoms with Crippen molar-refractivity contribution >= 4 is 20.0 Å². The van der Waals surface area contributed by atoms with Gasteiger partial charge in [0.2, 0.25) is 20.0 Å². The summed E-state index contributed by atoms with van der Waals surface area (Å²) in [5.41, 5.74) is 0.232. The lowest BCUT2D eigenvalue weighted by atomic mass is 10.2. The van der Waals surface area contributed by atoms with E-state index in [9.17, 15) is 16.8 Å². The Balaban J connectivity index is 2.33. The van der Waals surface area contributed by atoms with Gasteiger partial charge in [0.25, 0.3) is 0 Å². The number of primary sulfonamides is 1. The number of nitrogens with zero attached hydrogens (tertiary/aromatic N) is 2. The molecule has 0 aliphatic carbocycles. The van der Waals surface area contributed by atoms with Crippen LogP contribution in [0, 0.1) is 11.3 Å². The van der Waals surface area contributed by atoms with E-state index in [1.807, 2.05) is 6.07 Å². The van der Waals surface area contributed by atoms with Crippen LogP contribution in [-0.2, 0) is 20.0 Å². The van der Waals surface area contributed by atoms with E-state index < -0.39 is 25.3 Å². The molecule has 1 atom stereocenters. The van der Waals surface area contributed by atoms with E-state index in [1.165, 1.54) is 24.3 Å². The zero-order valence-electron chi connectivity index (χ0n) is 11.1. The quantitative estimate of drug-likeness (QED) is 0.836. The maximum absolute atomic E-state index is 12.5. The first-order valence-corrected chi connectivity index (χ1v) is 9.32. The van der Waals surface area contributed by atoms with Gasteiger partial charge in [-0.05, 0) is 31.0 Å². The van der Waals surface area contributed by atoms with Crippen LogP contribution in [0.3, 0.4) is 0 Å². The topological polar surface area (TPSA) is 121 Å². The Labute approximate surface area is 124 Å². The summed E-state index contributed by atoms with van der Waals surface area (Å²) in [7, 11) is -7.60. The normalized spacial score (nSPS) is 20.9. The monoisotopic (exact) mass is 329 g/mol. The van der Waals surface area contributed by atoms with E-state index >= 15 is 0 Å². The summed E-state index contributed by atoms with van der Waals surface area (Å²) in [6.45, 7) is 0.0864. The van der Waals surface area contributed by atoms with Crippen LogP contribution in [0.15, 0.2) is 29.2 Å². The van der Waals surface area contributed by atoms with Crippen molar-refractivity contribution < 1.29 is 16.8 Å². The molecule has 2 rings (SSSR count). The van der Waals surface area contributed by atoms with E-state index in [0.717, 1.165) is 4.31 Å². The molecule has 0 amide bonds. The lowest BCUT2D eigenvalue weighted by molar-refractivity contribution is 0.346. The molecule has 1 fully saturated rings. The molecule has 1 aliphatic heterocycles. The summed E-state index contributed by atoms with van der Waals surface area (Å²) < 4.78 is 48.9. The molecule has 1 aliphatic rings. The second kappa shape index (κ2) is 5.73. The SMILES string of the molecule is N#Cc1cccc(S(=O)(=O)N2CCCC(S(N)(=O)=O)C2)c1. The van der Waals surface area contributed by atoms with Gasteiger partial charge in [-0.1, -0.05) is 6.07 Å². The third-order valence-electron chi connectivity index (χ3n) is 3.41. The average Bonchev–Trinajstić information content (AvgIpc) is 2.46. The molecule has 0 spiro atoms. The smallest absolute Gasteiger partial charge is 0.228 e. The first-order valence-electron chi connectivity index (χ1n) is 6.27. The molecule has 7 nitrogen and oxygen atoms in total. The first-order chi connectivity index (χ1) is 9.75. The number of sulfonamides is 2. The van der Waals surface area contributed by atoms with Crippen LogP contribution < -0.4 is 5.14 Å². The van der Waals surface area contributed by atoms with Crippen molar-refractivity contribution in [3.05, 3.63) is 29.8 Å². The second-order valence-corrected chi connectivity index (χ2v) is 8.64. The summed E-state index contributed by atoms with van der Waals surface area (Å²) in [6, 6.07) is 7.52. The van der Waals surface area contributed by atoms with Crippen LogP contribution >= 0.6 is 0 Å². The molecule has 1 aromatic rings. The lowest BCUT2D eigenvalue weighted by Gasteiger charge is -2.30. The summed E-state index contributed by atoms with van der Waals surface area (Å²) in [5.74, 6) is 0. The van der Waals surface area contributed by atoms with Gasteiger partial charge >= 0.3 is 0 Å². The Morgan fingerprint density at radius 3 is 2.62 bits per heavy atom. The molecule has 0 saturated carbocycles. The van der Waals surface area contributed by atoms with Gasteiger partial charge < -0.3 is 0 Å². The molecule has 9 heteroatoms. The third-order valence-corrected chi connectivity index (χ3v) is 6.58. The van der Waals surface area contributed by atoms with Gasteiger partial charge in [-0.15, -0.1) is 0 Å². The Bertz CT molecular complexity index is 781. The maximum atomic E-state index is 12.5. The highest BCUT2D eigenvalue weighted by Gasteiger charge is 2.34. The van der Waals surface area contributed by atoms with E-state index in [-0.39, 0.29) is 23.5 Å². The fraction of sp³-hybridized carbons (Fsp3) is 0.417. The minimum Gasteiger partial charge on any atom is -0.228 e. The van der Waals surface area contributed by atoms with Gasteiger partial charge in [-0.25, -0.2) is 22.0 Å². The van der Waals surface area contributed by atoms with Crippen LogP contribution in [-0.4, -0.2) is 39.5 Å². The van der Waals surface area contributed by atoms with Gasteiger partial charge in [0, 0.05) is 13.1 Å². The largest absolute Gasteiger partial charge is 0.243 e. The van der Waals surface area contributed by atoms with Crippen molar-refractivity contribution in [3.63, 3.8) is 0 Å². The zero-order chi connectivity index (χ0) is 15.7. The number of nitrogens with two attached hydrogens (primary N) is 1. The van der Waals surface area contributed by atoms with Gasteiger partial charge in [-0.3, -0.25) is 0 Å². The molecule has 0 aromatic heterocycles. The Hall–Kier alpha value is -1.47. The lowest BCUT2D eigenvalue weighted by Crippen LogP contribution is -2.46. The molecule has 1 unspecified atom stereocenters. The number of piperidine rings is 1. The van der Waals surface area contributed by atoms with E-state index in [1.54, 1.807) is 0 Å². The molecule has 114 valence electrons. The molecule has 1 heterocycles. The van der Waals surface area contributed by atoms with Crippen LogP contribution in [0.1, 0.15) is 18.4 Å². The number of nitriles is 1. The van der Waals surface area contributed by atoms with E-state index in [2.05, 4.69) is 0 Å². The zero-order valence-corrected chi connectivity index (χ0v) is 12.8. The number of hydrogen-bond donors (Lipinski definition) is 1. The molecular weight excluding hydrogens is 314 g/mol. The van der Waals surface area contributed by atoms with Crippen LogP contribution in [0.25, 0.3) is 0 Å². The Morgan fingerprint density at radius 2 is 2.00 bits per heavy atom. The number of benzene rings is 1. The van der Waals surface area contributed by atoms with Crippen LogP contribution in [0.4, 0.5) is 0 Å².